The van der Waals surface area contributed by atoms with E-state index in [1.165, 1.54) is 0 Å². The van der Waals surface area contributed by atoms with Gasteiger partial charge in [-0.15, -0.1) is 0 Å². The van der Waals surface area contributed by atoms with Crippen LogP contribution in [0, 0.1) is 0 Å². The van der Waals surface area contributed by atoms with Crippen molar-refractivity contribution in [1.82, 2.24) is 0 Å². The Kier molecular flexibility index (Phi) is 6.15. The lowest BCUT2D eigenvalue weighted by atomic mass is 9.94. The van der Waals surface area contributed by atoms with E-state index in [1.54, 1.807) is 0 Å². The number of carboxylic acid groups (broad SMARTS) is 4. The zero-order valence-corrected chi connectivity index (χ0v) is 20.2. The fourth-order valence-electron chi connectivity index (χ4n) is 4.22. The van der Waals surface area contributed by atoms with Gasteiger partial charge in [0.2, 0.25) is 0 Å². The Hall–Kier alpha value is -6.58. The zero-order valence-electron chi connectivity index (χ0n) is 20.2. The van der Waals surface area contributed by atoms with Crippen molar-refractivity contribution in [2.24, 2.45) is 0 Å². The van der Waals surface area contributed by atoms with E-state index in [4.69, 9.17) is 9.47 Å². The molecule has 0 aliphatic carbocycles. The molecular formula is C26H10O16. The zero-order chi connectivity index (χ0) is 30.6. The Morgan fingerprint density at radius 1 is 0.476 bits per heavy atom. The quantitative estimate of drug-likeness (QED) is 0.221. The van der Waals surface area contributed by atoms with Gasteiger partial charge in [0.15, 0.2) is 11.5 Å². The largest absolute Gasteiger partial charge is 0.478 e. The molecule has 16 heteroatoms. The molecule has 0 unspecified atom stereocenters. The second kappa shape index (κ2) is 9.56. The predicted molar refractivity (Wildman–Crippen MR) is 127 cm³/mol. The van der Waals surface area contributed by atoms with E-state index < -0.39 is 93.0 Å². The molecule has 3 aromatic rings. The smallest absolute Gasteiger partial charge is 0.347 e. The van der Waals surface area contributed by atoms with Gasteiger partial charge in [-0.2, -0.15) is 0 Å². The Morgan fingerprint density at radius 3 is 1.05 bits per heavy atom. The molecule has 0 radical (unpaired) electrons. The minimum Gasteiger partial charge on any atom is -0.478 e. The van der Waals surface area contributed by atoms with Crippen LogP contribution in [-0.2, 0) is 9.47 Å². The van der Waals surface area contributed by atoms with E-state index in [0.717, 1.165) is 36.4 Å². The number of rotatable bonds is 8. The highest BCUT2D eigenvalue weighted by molar-refractivity contribution is 6.17. The number of esters is 4. The molecule has 2 aliphatic heterocycles. The molecule has 42 heavy (non-hydrogen) atoms. The Bertz CT molecular complexity index is 1680. The van der Waals surface area contributed by atoms with Crippen molar-refractivity contribution in [3.63, 3.8) is 0 Å². The molecule has 0 amide bonds. The summed E-state index contributed by atoms with van der Waals surface area (Å²) in [6.07, 6.45) is 0. The number of fused-ring (bicyclic) bond motifs is 2. The first-order valence-electron chi connectivity index (χ1n) is 11.1. The number of carbonyl (C=O) groups is 8. The summed E-state index contributed by atoms with van der Waals surface area (Å²) >= 11 is 0. The van der Waals surface area contributed by atoms with Crippen LogP contribution in [0.15, 0.2) is 36.4 Å². The Labute approximate surface area is 229 Å². The van der Waals surface area contributed by atoms with Crippen LogP contribution >= 0.6 is 0 Å². The molecule has 5 rings (SSSR count). The normalized spacial score (nSPS) is 13.1. The van der Waals surface area contributed by atoms with Crippen LogP contribution < -0.4 is 9.47 Å². The Morgan fingerprint density at radius 2 is 0.762 bits per heavy atom. The van der Waals surface area contributed by atoms with Crippen LogP contribution in [0.3, 0.4) is 0 Å². The molecule has 2 aliphatic rings. The first-order valence-corrected chi connectivity index (χ1v) is 11.1. The number of aromatic carboxylic acids is 4. The van der Waals surface area contributed by atoms with Crippen LogP contribution in [-0.4, -0.2) is 68.2 Å². The summed E-state index contributed by atoms with van der Waals surface area (Å²) < 4.78 is 19.6. The third-order valence-corrected chi connectivity index (χ3v) is 5.94. The van der Waals surface area contributed by atoms with Gasteiger partial charge in [0, 0.05) is 0 Å². The van der Waals surface area contributed by atoms with Gasteiger partial charge in [0.05, 0.1) is 22.3 Å². The minimum atomic E-state index is -2.09. The van der Waals surface area contributed by atoms with Crippen molar-refractivity contribution >= 4 is 47.8 Å². The van der Waals surface area contributed by atoms with Crippen LogP contribution in [0.4, 0.5) is 0 Å². The number of cyclic esters (lactones) is 4. The van der Waals surface area contributed by atoms with Gasteiger partial charge in [0.25, 0.3) is 0 Å². The van der Waals surface area contributed by atoms with Gasteiger partial charge in [0.1, 0.15) is 33.8 Å². The standard InChI is InChI=1S/C26H10O16/c27-19(28)13-15(21(31)32)18(40-8-2-4-10-12(6-8)26(38)42-24(10)36)16(22(33)34)14(20(29)30)17(13)39-7-1-3-9-11(5-7)25(37)41-23(9)35/h1-6H,(H,27,28)(H,29,30)(H,31,32)(H,33,34). The number of hydrogen-bond acceptors (Lipinski definition) is 12. The maximum absolute atomic E-state index is 12.4. The van der Waals surface area contributed by atoms with E-state index in [0.29, 0.717) is 0 Å². The number of carboxylic acids is 4. The maximum Gasteiger partial charge on any atom is 0.347 e. The fraction of sp³-hybridized carbons (Fsp3) is 0. The highest BCUT2D eigenvalue weighted by Gasteiger charge is 2.40. The van der Waals surface area contributed by atoms with E-state index in [-0.39, 0.29) is 22.3 Å². The molecular weight excluding hydrogens is 568 g/mol. The molecule has 0 fully saturated rings. The van der Waals surface area contributed by atoms with Gasteiger partial charge in [-0.3, -0.25) is 0 Å². The van der Waals surface area contributed by atoms with Gasteiger partial charge >= 0.3 is 47.8 Å². The molecule has 4 N–H and O–H groups in total. The second-order valence-corrected chi connectivity index (χ2v) is 8.35. The van der Waals surface area contributed by atoms with Crippen molar-refractivity contribution in [3.05, 3.63) is 80.9 Å². The predicted octanol–water partition coefficient (Wildman–Crippen LogP) is 2.69. The Balaban J connectivity index is 1.77. The molecule has 16 nitrogen and oxygen atoms in total. The topological polar surface area (TPSA) is 254 Å². The summed E-state index contributed by atoms with van der Waals surface area (Å²) in [6.45, 7) is 0. The molecule has 0 aromatic heterocycles. The summed E-state index contributed by atoms with van der Waals surface area (Å²) in [7, 11) is 0. The fourth-order valence-corrected chi connectivity index (χ4v) is 4.22. The molecule has 2 heterocycles. The lowest BCUT2D eigenvalue weighted by Gasteiger charge is -2.20. The molecule has 0 saturated carbocycles. The average molecular weight is 578 g/mol. The minimum absolute atomic E-state index is 0.203. The van der Waals surface area contributed by atoms with E-state index in [9.17, 15) is 58.8 Å². The van der Waals surface area contributed by atoms with Gasteiger partial charge in [-0.25, -0.2) is 38.4 Å². The third-order valence-electron chi connectivity index (χ3n) is 5.94. The van der Waals surface area contributed by atoms with E-state index in [1.807, 2.05) is 0 Å². The van der Waals surface area contributed by atoms with Crippen molar-refractivity contribution < 1.29 is 77.7 Å². The molecule has 210 valence electrons. The van der Waals surface area contributed by atoms with Crippen molar-refractivity contribution in [3.8, 4) is 23.0 Å². The van der Waals surface area contributed by atoms with Crippen LogP contribution in [0.1, 0.15) is 82.9 Å². The van der Waals surface area contributed by atoms with Gasteiger partial charge < -0.3 is 39.4 Å². The van der Waals surface area contributed by atoms with E-state index in [2.05, 4.69) is 9.47 Å². The van der Waals surface area contributed by atoms with Gasteiger partial charge in [-0.05, 0) is 36.4 Å². The summed E-state index contributed by atoms with van der Waals surface area (Å²) in [4.78, 5) is 96.8. The lowest BCUT2D eigenvalue weighted by molar-refractivity contribution is 0.0425. The van der Waals surface area contributed by atoms with Gasteiger partial charge in [-0.1, -0.05) is 0 Å². The summed E-state index contributed by atoms with van der Waals surface area (Å²) in [5.74, 6) is -16.1. The third kappa shape index (κ3) is 4.20. The van der Waals surface area contributed by atoms with Crippen molar-refractivity contribution in [1.29, 1.82) is 0 Å². The van der Waals surface area contributed by atoms with Crippen molar-refractivity contribution in [2.45, 2.75) is 0 Å². The number of hydrogen-bond donors (Lipinski definition) is 4. The molecule has 0 bridgehead atoms. The van der Waals surface area contributed by atoms with Crippen molar-refractivity contribution in [2.75, 3.05) is 0 Å². The summed E-state index contributed by atoms with van der Waals surface area (Å²) in [6, 6.07) is 5.77. The highest BCUT2D eigenvalue weighted by atomic mass is 16.6. The van der Waals surface area contributed by atoms with Crippen LogP contribution in [0.25, 0.3) is 0 Å². The maximum atomic E-state index is 12.4. The number of ether oxygens (including phenoxy) is 4. The molecule has 0 atom stereocenters. The number of benzene rings is 3. The summed E-state index contributed by atoms with van der Waals surface area (Å²) in [5, 5.41) is 39.9. The SMILES string of the molecule is O=C1OC(=O)c2cc(Oc3c(C(=O)O)c(C(=O)O)c(Oc4ccc5c(c4)C(=O)OC5=O)c(C(=O)O)c3C(=O)O)ccc21. The first kappa shape index (κ1) is 27.0. The van der Waals surface area contributed by atoms with Crippen LogP contribution in [0.5, 0.6) is 23.0 Å². The lowest BCUT2D eigenvalue weighted by Crippen LogP contribution is -2.20. The molecule has 3 aromatic carbocycles. The first-order chi connectivity index (χ1) is 19.8. The molecule has 0 spiro atoms. The summed E-state index contributed by atoms with van der Waals surface area (Å²) in [5.41, 5.74) is -6.57. The molecule has 0 saturated heterocycles. The average Bonchev–Trinajstić information content (AvgIpc) is 3.36. The van der Waals surface area contributed by atoms with Crippen LogP contribution in [0.2, 0.25) is 0 Å². The monoisotopic (exact) mass is 578 g/mol. The highest BCUT2D eigenvalue weighted by Crippen LogP contribution is 2.44. The second-order valence-electron chi connectivity index (χ2n) is 8.35. The van der Waals surface area contributed by atoms with E-state index >= 15 is 0 Å². The number of carbonyl (C=O) groups excluding carboxylic acids is 4.